The Bertz CT molecular complexity index is 620. The molecule has 0 saturated carbocycles. The van der Waals surface area contributed by atoms with E-state index in [9.17, 15) is 39.6 Å². The van der Waals surface area contributed by atoms with E-state index in [4.69, 9.17) is 0 Å². The van der Waals surface area contributed by atoms with Crippen molar-refractivity contribution in [1.82, 2.24) is 0 Å². The number of carbonyl (C=O) groups excluding carboxylic acids is 4. The molecule has 0 radical (unpaired) electrons. The van der Waals surface area contributed by atoms with Crippen LogP contribution in [0.1, 0.15) is 13.3 Å². The first-order valence-corrected chi connectivity index (χ1v) is 8.78. The fraction of sp³-hybridized carbons (Fsp3) is 0.778. The van der Waals surface area contributed by atoms with E-state index in [1.165, 1.54) is 0 Å². The quantitative estimate of drug-likeness (QED) is 0.245. The molecule has 0 rings (SSSR count). The Hall–Kier alpha value is -1.88. The van der Waals surface area contributed by atoms with Crippen LogP contribution < -0.4 is 10.2 Å². The second-order valence-corrected chi connectivity index (χ2v) is 9.38. The summed E-state index contributed by atoms with van der Waals surface area (Å²) in [5.74, 6) is -8.11. The average Bonchev–Trinajstić information content (AvgIpc) is 2.41. The van der Waals surface area contributed by atoms with Crippen LogP contribution in [0.2, 0.25) is 0 Å². The van der Waals surface area contributed by atoms with Gasteiger partial charge in [0.25, 0.3) is 0 Å². The molecule has 4 unspecified atom stereocenters. The summed E-state index contributed by atoms with van der Waals surface area (Å²) in [6, 6.07) is 0. The minimum atomic E-state index is -2.41. The first-order chi connectivity index (χ1) is 12.3. The summed E-state index contributed by atoms with van der Waals surface area (Å²) >= 11 is 0. The maximum Gasteiger partial charge on any atom is 0.154 e. The number of ketones is 2. The molecule has 162 valence electrons. The number of carboxylic acid groups (broad SMARTS) is 2. The van der Waals surface area contributed by atoms with Gasteiger partial charge in [-0.25, -0.2) is 0 Å². The smallest absolute Gasteiger partial charge is 0.154 e. The van der Waals surface area contributed by atoms with Crippen molar-refractivity contribution >= 4 is 23.5 Å². The Labute approximate surface area is 165 Å². The van der Waals surface area contributed by atoms with Gasteiger partial charge in [0, 0.05) is 0 Å². The molecule has 0 fully saturated rings. The first-order valence-electron chi connectivity index (χ1n) is 8.78. The van der Waals surface area contributed by atoms with Gasteiger partial charge < -0.3 is 39.0 Å². The molecule has 0 aromatic carbocycles. The third kappa shape index (κ3) is 7.27. The van der Waals surface area contributed by atoms with Crippen molar-refractivity contribution in [2.75, 3.05) is 55.4 Å². The SMILES string of the molecule is CC(C(=O)[O-])(C(=O)CC(=O)C(C(=O)[O-])C(O)C[N+](C)(C)C)C(O)C[N+](C)(C)C. The van der Waals surface area contributed by atoms with E-state index in [-0.39, 0.29) is 22.1 Å². The molecule has 28 heavy (non-hydrogen) atoms. The van der Waals surface area contributed by atoms with Crippen molar-refractivity contribution in [2.24, 2.45) is 11.3 Å². The van der Waals surface area contributed by atoms with E-state index >= 15 is 0 Å². The molecule has 4 atom stereocenters. The van der Waals surface area contributed by atoms with Crippen LogP contribution in [0.15, 0.2) is 0 Å². The van der Waals surface area contributed by atoms with Gasteiger partial charge in [-0.2, -0.15) is 0 Å². The van der Waals surface area contributed by atoms with Crippen LogP contribution in [-0.2, 0) is 19.2 Å². The van der Waals surface area contributed by atoms with E-state index in [1.807, 2.05) is 0 Å². The molecule has 0 bridgehead atoms. The molecule has 0 saturated heterocycles. The van der Waals surface area contributed by atoms with Gasteiger partial charge in [0.1, 0.15) is 25.3 Å². The number of hydrogen-bond acceptors (Lipinski definition) is 8. The van der Waals surface area contributed by atoms with Crippen LogP contribution in [0.3, 0.4) is 0 Å². The summed E-state index contributed by atoms with van der Waals surface area (Å²) in [6.07, 6.45) is -4.39. The van der Waals surface area contributed by atoms with Gasteiger partial charge in [0.15, 0.2) is 11.6 Å². The van der Waals surface area contributed by atoms with Crippen molar-refractivity contribution in [1.29, 1.82) is 0 Å². The summed E-state index contributed by atoms with van der Waals surface area (Å²) in [4.78, 5) is 47.9. The van der Waals surface area contributed by atoms with E-state index < -0.39 is 53.5 Å². The number of aliphatic hydroxyl groups excluding tert-OH is 2. The number of hydrogen-bond donors (Lipinski definition) is 2. The summed E-state index contributed by atoms with van der Waals surface area (Å²) in [7, 11) is 10.0. The lowest BCUT2D eigenvalue weighted by molar-refractivity contribution is -0.874. The number of nitrogens with zero attached hydrogens (tertiary/aromatic N) is 2. The number of aliphatic carboxylic acids is 2. The van der Waals surface area contributed by atoms with E-state index in [2.05, 4.69) is 0 Å². The summed E-state index contributed by atoms with van der Waals surface area (Å²) < 4.78 is 0.278. The molecule has 10 nitrogen and oxygen atoms in total. The number of carboxylic acids is 2. The molecule has 0 aromatic rings. The fourth-order valence-corrected chi connectivity index (χ4v) is 2.76. The Kier molecular flexibility index (Phi) is 8.47. The van der Waals surface area contributed by atoms with Crippen LogP contribution in [0.5, 0.6) is 0 Å². The van der Waals surface area contributed by atoms with Gasteiger partial charge in [-0.1, -0.05) is 0 Å². The normalized spacial score (nSPS) is 17.9. The highest BCUT2D eigenvalue weighted by Gasteiger charge is 2.46. The molecule has 0 amide bonds. The lowest BCUT2D eigenvalue weighted by Gasteiger charge is -2.37. The third-order valence-electron chi connectivity index (χ3n) is 4.45. The van der Waals surface area contributed by atoms with E-state index in [1.54, 1.807) is 42.3 Å². The fourth-order valence-electron chi connectivity index (χ4n) is 2.76. The summed E-state index contributed by atoms with van der Waals surface area (Å²) in [5, 5.41) is 43.4. The topological polar surface area (TPSA) is 155 Å². The Morgan fingerprint density at radius 1 is 0.893 bits per heavy atom. The number of Topliss-reactive ketones (excluding diaryl/α,β-unsaturated/α-hetero) is 2. The lowest BCUT2D eigenvalue weighted by Crippen LogP contribution is -2.59. The molecule has 2 N–H and O–H groups in total. The van der Waals surface area contributed by atoms with E-state index in [0.29, 0.717) is 0 Å². The van der Waals surface area contributed by atoms with Gasteiger partial charge in [-0.3, -0.25) is 9.59 Å². The molecule has 10 heteroatoms. The van der Waals surface area contributed by atoms with Crippen molar-refractivity contribution in [2.45, 2.75) is 25.6 Å². The standard InChI is InChI=1S/C18H32N2O8/c1-18(17(27)28,14(24)10-20(5,6)7)13(23)8-11(21)15(16(25)26)12(22)9-19(2,3)4/h12,14-15,22,24H,8-10H2,1-7H3. The molecule has 0 aromatic heterocycles. The number of likely N-dealkylation sites (N-methyl/N-ethyl adjacent to an activating group) is 2. The zero-order valence-corrected chi connectivity index (χ0v) is 17.6. The number of aliphatic hydroxyl groups is 2. The van der Waals surface area contributed by atoms with Crippen LogP contribution in [0.4, 0.5) is 0 Å². The van der Waals surface area contributed by atoms with Gasteiger partial charge in [-0.05, 0) is 6.92 Å². The Balaban J connectivity index is 5.62. The minimum absolute atomic E-state index is 0.111. The predicted molar refractivity (Wildman–Crippen MR) is 94.1 cm³/mol. The molecule has 0 aliphatic rings. The molecule has 0 aliphatic carbocycles. The Morgan fingerprint density at radius 3 is 1.64 bits per heavy atom. The maximum absolute atomic E-state index is 12.6. The summed E-state index contributed by atoms with van der Waals surface area (Å²) in [6.45, 7) is 0.702. The van der Waals surface area contributed by atoms with Crippen molar-refractivity contribution in [3.8, 4) is 0 Å². The molecule has 0 heterocycles. The zero-order chi connectivity index (χ0) is 22.7. The Morgan fingerprint density at radius 2 is 1.32 bits per heavy atom. The van der Waals surface area contributed by atoms with Gasteiger partial charge in [-0.15, -0.1) is 0 Å². The van der Waals surface area contributed by atoms with Crippen LogP contribution in [-0.4, -0.2) is 110 Å². The number of rotatable bonds is 12. The van der Waals surface area contributed by atoms with Gasteiger partial charge >= 0.3 is 0 Å². The first kappa shape index (κ1) is 26.1. The van der Waals surface area contributed by atoms with Crippen LogP contribution in [0, 0.1) is 11.3 Å². The van der Waals surface area contributed by atoms with Crippen molar-refractivity contribution in [3.05, 3.63) is 0 Å². The highest BCUT2D eigenvalue weighted by molar-refractivity contribution is 6.13. The highest BCUT2D eigenvalue weighted by atomic mass is 16.4. The maximum atomic E-state index is 12.6. The molecule has 0 aliphatic heterocycles. The largest absolute Gasteiger partial charge is 0.549 e. The second kappa shape index (κ2) is 9.08. The zero-order valence-electron chi connectivity index (χ0n) is 17.6. The van der Waals surface area contributed by atoms with Gasteiger partial charge in [0.2, 0.25) is 0 Å². The van der Waals surface area contributed by atoms with Crippen molar-refractivity contribution < 1.29 is 48.6 Å². The lowest BCUT2D eigenvalue weighted by atomic mass is 9.76. The van der Waals surface area contributed by atoms with Crippen LogP contribution >= 0.6 is 0 Å². The predicted octanol–water partition coefficient (Wildman–Crippen LogP) is -4.23. The molecular weight excluding hydrogens is 372 g/mol. The molecule has 0 spiro atoms. The van der Waals surface area contributed by atoms with Crippen molar-refractivity contribution in [3.63, 3.8) is 0 Å². The third-order valence-corrected chi connectivity index (χ3v) is 4.45. The number of carbonyl (C=O) groups is 4. The summed E-state index contributed by atoms with van der Waals surface area (Å²) in [5.41, 5.74) is -2.41. The monoisotopic (exact) mass is 404 g/mol. The number of quaternary nitrogens is 2. The highest BCUT2D eigenvalue weighted by Crippen LogP contribution is 2.27. The van der Waals surface area contributed by atoms with Gasteiger partial charge in [0.05, 0.1) is 72.0 Å². The molecular formula is C18H32N2O8. The van der Waals surface area contributed by atoms with Crippen LogP contribution in [0.25, 0.3) is 0 Å². The minimum Gasteiger partial charge on any atom is -0.549 e. The van der Waals surface area contributed by atoms with E-state index in [0.717, 1.165) is 6.92 Å². The second-order valence-electron chi connectivity index (χ2n) is 9.38. The average molecular weight is 404 g/mol.